The van der Waals surface area contributed by atoms with Crippen LogP contribution in [0.3, 0.4) is 0 Å². The van der Waals surface area contributed by atoms with Crippen LogP contribution in [0.4, 0.5) is 13.9 Å². The van der Waals surface area contributed by atoms with Gasteiger partial charge in [0.2, 0.25) is 5.13 Å². The number of anilines is 1. The van der Waals surface area contributed by atoms with Crippen molar-refractivity contribution < 1.29 is 17.2 Å². The average molecular weight is 438 g/mol. The molecule has 0 spiro atoms. The quantitative estimate of drug-likeness (QED) is 0.584. The van der Waals surface area contributed by atoms with Crippen molar-refractivity contribution in [2.45, 2.75) is 31.2 Å². The minimum atomic E-state index is -3.43. The van der Waals surface area contributed by atoms with Gasteiger partial charge in [0.1, 0.15) is 5.82 Å². The summed E-state index contributed by atoms with van der Waals surface area (Å²) in [4.78, 5) is 4.60. The molecule has 29 heavy (non-hydrogen) atoms. The summed E-state index contributed by atoms with van der Waals surface area (Å²) in [5, 5.41) is 3.71. The van der Waals surface area contributed by atoms with Gasteiger partial charge in [-0.1, -0.05) is 32.0 Å². The zero-order valence-corrected chi connectivity index (χ0v) is 17.8. The summed E-state index contributed by atoms with van der Waals surface area (Å²) in [6, 6.07) is 9.32. The number of sulfone groups is 1. The maximum Gasteiger partial charge on any atom is 0.203 e. The lowest BCUT2D eigenvalue weighted by Gasteiger charge is -2.20. The van der Waals surface area contributed by atoms with Crippen LogP contribution < -0.4 is 5.32 Å². The number of nitrogens with one attached hydrogen (secondary N) is 1. The van der Waals surface area contributed by atoms with Crippen LogP contribution in [0, 0.1) is 17.6 Å². The van der Waals surface area contributed by atoms with Crippen molar-refractivity contribution in [1.82, 2.24) is 9.36 Å². The smallest absolute Gasteiger partial charge is 0.203 e. The molecule has 5 nitrogen and oxygen atoms in total. The molecule has 0 fully saturated rings. The first-order chi connectivity index (χ1) is 13.6. The van der Waals surface area contributed by atoms with Crippen molar-refractivity contribution in [3.63, 3.8) is 0 Å². The number of aromatic nitrogens is 2. The number of hydrogen-bond donors (Lipinski definition) is 1. The van der Waals surface area contributed by atoms with Gasteiger partial charge in [-0.15, -0.1) is 0 Å². The Morgan fingerprint density at radius 1 is 1.07 bits per heavy atom. The highest BCUT2D eigenvalue weighted by Gasteiger charge is 2.20. The second kappa shape index (κ2) is 8.54. The Labute approximate surface area is 172 Å². The summed E-state index contributed by atoms with van der Waals surface area (Å²) in [5.74, 6) is -0.842. The Hall–Kier alpha value is -2.39. The van der Waals surface area contributed by atoms with Gasteiger partial charge in [-0.05, 0) is 41.3 Å². The Kier molecular flexibility index (Phi) is 6.28. The van der Waals surface area contributed by atoms with Crippen LogP contribution in [0.15, 0.2) is 47.4 Å². The summed E-state index contributed by atoms with van der Waals surface area (Å²) < 4.78 is 55.6. The SMILES string of the molecule is CC(C)Cc1nsc(NC(c2cccc(S(C)(=O)=O)c2)c2ccc(F)c(F)c2)n1. The zero-order chi connectivity index (χ0) is 21.2. The molecule has 1 unspecified atom stereocenters. The van der Waals surface area contributed by atoms with E-state index in [4.69, 9.17) is 0 Å². The number of halogens is 2. The van der Waals surface area contributed by atoms with Gasteiger partial charge in [0.25, 0.3) is 0 Å². The third-order valence-corrected chi connectivity index (χ3v) is 6.02. The minimum Gasteiger partial charge on any atom is -0.349 e. The predicted octanol–water partition coefficient (Wildman–Crippen LogP) is 4.62. The van der Waals surface area contributed by atoms with Crippen molar-refractivity contribution in [3.8, 4) is 0 Å². The monoisotopic (exact) mass is 437 g/mol. The number of nitrogens with zero attached hydrogens (tertiary/aromatic N) is 2. The second-order valence-corrected chi connectivity index (χ2v) is 9.98. The molecule has 0 aliphatic rings. The normalized spacial score (nSPS) is 12.9. The summed E-state index contributed by atoms with van der Waals surface area (Å²) in [7, 11) is -3.43. The van der Waals surface area contributed by atoms with Gasteiger partial charge < -0.3 is 5.32 Å². The molecule has 9 heteroatoms. The van der Waals surface area contributed by atoms with Crippen molar-refractivity contribution >= 4 is 26.5 Å². The molecule has 0 aliphatic heterocycles. The fourth-order valence-electron chi connectivity index (χ4n) is 2.86. The van der Waals surface area contributed by atoms with Crippen LogP contribution in [-0.2, 0) is 16.3 Å². The zero-order valence-electron chi connectivity index (χ0n) is 16.2. The van der Waals surface area contributed by atoms with Gasteiger partial charge in [0.15, 0.2) is 21.5 Å². The molecule has 0 saturated heterocycles. The van der Waals surface area contributed by atoms with Crippen LogP contribution in [0.2, 0.25) is 0 Å². The lowest BCUT2D eigenvalue weighted by molar-refractivity contribution is 0.506. The summed E-state index contributed by atoms with van der Waals surface area (Å²) in [5.41, 5.74) is 1.02. The van der Waals surface area contributed by atoms with Gasteiger partial charge in [-0.25, -0.2) is 22.2 Å². The largest absolute Gasteiger partial charge is 0.349 e. The molecule has 3 aromatic rings. The van der Waals surface area contributed by atoms with E-state index in [-0.39, 0.29) is 4.90 Å². The molecule has 3 rings (SSSR count). The number of hydrogen-bond acceptors (Lipinski definition) is 6. The van der Waals surface area contributed by atoms with Crippen LogP contribution in [0.25, 0.3) is 0 Å². The standard InChI is InChI=1S/C20H21F2N3O2S2/c1-12(2)9-18-23-20(28-25-18)24-19(14-7-8-16(21)17(22)11-14)13-5-4-6-15(10-13)29(3,26)27/h4-8,10-12,19H,9H2,1-3H3,(H,23,24,25). The molecule has 0 aliphatic carbocycles. The molecule has 1 N–H and O–H groups in total. The highest BCUT2D eigenvalue weighted by Crippen LogP contribution is 2.30. The Bertz CT molecular complexity index is 1110. The molecule has 1 atom stereocenters. The van der Waals surface area contributed by atoms with Crippen LogP contribution in [0.1, 0.15) is 36.8 Å². The van der Waals surface area contributed by atoms with Gasteiger partial charge in [-0.2, -0.15) is 4.37 Å². The topological polar surface area (TPSA) is 72.0 Å². The molecular weight excluding hydrogens is 416 g/mol. The molecule has 154 valence electrons. The van der Waals surface area contributed by atoms with E-state index in [9.17, 15) is 17.2 Å². The lowest BCUT2D eigenvalue weighted by Crippen LogP contribution is -2.14. The van der Waals surface area contributed by atoms with E-state index in [0.29, 0.717) is 28.0 Å². The van der Waals surface area contributed by atoms with Crippen molar-refractivity contribution in [1.29, 1.82) is 0 Å². The van der Waals surface area contributed by atoms with Crippen molar-refractivity contribution in [2.24, 2.45) is 5.92 Å². The number of benzene rings is 2. The third-order valence-electron chi connectivity index (χ3n) is 4.22. The summed E-state index contributed by atoms with van der Waals surface area (Å²) in [6.45, 7) is 4.13. The molecule has 0 saturated carbocycles. The molecular formula is C20H21F2N3O2S2. The van der Waals surface area contributed by atoms with E-state index in [0.717, 1.165) is 24.8 Å². The van der Waals surface area contributed by atoms with Crippen molar-refractivity contribution in [2.75, 3.05) is 11.6 Å². The van der Waals surface area contributed by atoms with Gasteiger partial charge >= 0.3 is 0 Å². The highest BCUT2D eigenvalue weighted by molar-refractivity contribution is 7.90. The first kappa shape index (κ1) is 21.3. The van der Waals surface area contributed by atoms with E-state index in [1.54, 1.807) is 12.1 Å². The van der Waals surface area contributed by atoms with Gasteiger partial charge in [0, 0.05) is 24.2 Å². The first-order valence-electron chi connectivity index (χ1n) is 8.97. The van der Waals surface area contributed by atoms with E-state index in [1.807, 2.05) is 0 Å². The summed E-state index contributed by atoms with van der Waals surface area (Å²) >= 11 is 1.17. The van der Waals surface area contributed by atoms with E-state index in [1.165, 1.54) is 29.7 Å². The fourth-order valence-corrected chi connectivity index (χ4v) is 4.16. The molecule has 0 radical (unpaired) electrons. The Morgan fingerprint density at radius 3 is 2.45 bits per heavy atom. The number of rotatable bonds is 7. The van der Waals surface area contributed by atoms with Crippen molar-refractivity contribution in [3.05, 3.63) is 71.1 Å². The molecule has 2 aromatic carbocycles. The maximum atomic E-state index is 13.9. The van der Waals surface area contributed by atoms with Crippen LogP contribution >= 0.6 is 11.5 Å². The Balaban J connectivity index is 2.02. The van der Waals surface area contributed by atoms with E-state index in [2.05, 4.69) is 28.5 Å². The lowest BCUT2D eigenvalue weighted by atomic mass is 9.98. The average Bonchev–Trinajstić information content (AvgIpc) is 3.08. The predicted molar refractivity (Wildman–Crippen MR) is 110 cm³/mol. The third kappa shape index (κ3) is 5.36. The minimum absolute atomic E-state index is 0.141. The molecule has 1 aromatic heterocycles. The van der Waals surface area contributed by atoms with Gasteiger partial charge in [0.05, 0.1) is 10.9 Å². The van der Waals surface area contributed by atoms with Crippen LogP contribution in [0.5, 0.6) is 0 Å². The molecule has 0 bridgehead atoms. The molecule has 1 heterocycles. The first-order valence-corrected chi connectivity index (χ1v) is 11.6. The van der Waals surface area contributed by atoms with E-state index < -0.39 is 27.5 Å². The molecule has 0 amide bonds. The Morgan fingerprint density at radius 2 is 1.79 bits per heavy atom. The highest BCUT2D eigenvalue weighted by atomic mass is 32.2. The maximum absolute atomic E-state index is 13.9. The summed E-state index contributed by atoms with van der Waals surface area (Å²) in [6.07, 6.45) is 1.84. The van der Waals surface area contributed by atoms with E-state index >= 15 is 0 Å². The van der Waals surface area contributed by atoms with Crippen LogP contribution in [-0.4, -0.2) is 24.0 Å². The fraction of sp³-hybridized carbons (Fsp3) is 0.300. The second-order valence-electron chi connectivity index (χ2n) is 7.21. The van der Waals surface area contributed by atoms with Gasteiger partial charge in [-0.3, -0.25) is 0 Å².